The number of benzene rings is 6. The first-order valence-corrected chi connectivity index (χ1v) is 19.5. The molecule has 10 rings (SSSR count). The number of aryl methyl sites for hydroxylation is 4. The molecule has 0 aliphatic rings. The maximum atomic E-state index is 14.2. The molecule has 0 radical (unpaired) electrons. The summed E-state index contributed by atoms with van der Waals surface area (Å²) in [6, 6.07) is 45.1. The van der Waals surface area contributed by atoms with Crippen molar-refractivity contribution in [3.63, 3.8) is 0 Å². The van der Waals surface area contributed by atoms with Gasteiger partial charge in [-0.2, -0.15) is 0 Å². The second-order valence-electron chi connectivity index (χ2n) is 14.6. The fourth-order valence-electron chi connectivity index (χ4n) is 7.71. The van der Waals surface area contributed by atoms with E-state index < -0.39 is 0 Å². The average molecular weight is 783 g/mol. The molecule has 11 heteroatoms. The van der Waals surface area contributed by atoms with Crippen LogP contribution >= 0.6 is 0 Å². The van der Waals surface area contributed by atoms with Crippen LogP contribution in [-0.4, -0.2) is 49.4 Å². The Balaban J connectivity index is 1.28. The molecule has 0 saturated carbocycles. The van der Waals surface area contributed by atoms with Crippen LogP contribution in [0.1, 0.15) is 23.3 Å². The second kappa shape index (κ2) is 14.8. The van der Waals surface area contributed by atoms with Crippen molar-refractivity contribution in [1.82, 2.24) is 49.4 Å². The highest BCUT2D eigenvalue weighted by Gasteiger charge is 2.22. The maximum Gasteiger partial charge on any atom is 0.166 e. The van der Waals surface area contributed by atoms with Crippen molar-refractivity contribution in [1.29, 1.82) is 0 Å². The minimum atomic E-state index is -0.302. The zero-order valence-electron chi connectivity index (χ0n) is 33.1. The maximum absolute atomic E-state index is 14.2. The Hall–Kier alpha value is -7.92. The minimum Gasteiger partial charge on any atom is -0.308 e. The summed E-state index contributed by atoms with van der Waals surface area (Å²) in [5, 5.41) is 1.93. The quantitative estimate of drug-likeness (QED) is 0.155. The smallest absolute Gasteiger partial charge is 0.166 e. The van der Waals surface area contributed by atoms with E-state index in [1.807, 2.05) is 113 Å². The van der Waals surface area contributed by atoms with Crippen LogP contribution in [0.25, 0.3) is 95.6 Å². The monoisotopic (exact) mass is 782 g/mol. The molecule has 4 heterocycles. The Bertz CT molecular complexity index is 3050. The van der Waals surface area contributed by atoms with E-state index in [2.05, 4.69) is 44.9 Å². The molecule has 0 N–H and O–H groups in total. The van der Waals surface area contributed by atoms with Crippen LogP contribution in [0.5, 0.6) is 0 Å². The fraction of sp³-hybridized carbons (Fsp3) is 0.0816. The normalized spacial score (nSPS) is 11.4. The summed E-state index contributed by atoms with van der Waals surface area (Å²) < 4.78 is 16.5. The van der Waals surface area contributed by atoms with Gasteiger partial charge < -0.3 is 4.57 Å². The van der Waals surface area contributed by atoms with Crippen LogP contribution in [0.2, 0.25) is 0 Å². The number of hydrogen-bond donors (Lipinski definition) is 0. The topological polar surface area (TPSA) is 121 Å². The van der Waals surface area contributed by atoms with Gasteiger partial charge >= 0.3 is 0 Å². The lowest BCUT2D eigenvalue weighted by Gasteiger charge is -2.16. The third kappa shape index (κ3) is 6.81. The van der Waals surface area contributed by atoms with Crippen molar-refractivity contribution in [3.05, 3.63) is 169 Å². The van der Waals surface area contributed by atoms with Crippen molar-refractivity contribution in [2.75, 3.05) is 0 Å². The lowest BCUT2D eigenvalue weighted by Crippen LogP contribution is -2.04. The van der Waals surface area contributed by atoms with Gasteiger partial charge in [-0.3, -0.25) is 0 Å². The predicted molar refractivity (Wildman–Crippen MR) is 232 cm³/mol. The number of fused-ring (bicyclic) bond motifs is 3. The first-order valence-electron chi connectivity index (χ1n) is 19.5. The van der Waals surface area contributed by atoms with E-state index >= 15 is 0 Å². The van der Waals surface area contributed by atoms with Crippen molar-refractivity contribution in [3.8, 4) is 73.8 Å². The SMILES string of the molecule is Cc1nc(C)nc(-c2ccc3c(c2)c2cc(-c4nc(C)nc(C)n4)ccc2n3-c2cc(-c3ccc(F)cc3)ccc2-c2nc(-c3ccccc3)nc(-c3ccccc3)n2)n1. The highest BCUT2D eigenvalue weighted by molar-refractivity contribution is 6.12. The van der Waals surface area contributed by atoms with Crippen LogP contribution in [0.4, 0.5) is 4.39 Å². The molecule has 0 spiro atoms. The predicted octanol–water partition coefficient (Wildman–Crippen LogP) is 10.7. The molecule has 60 heavy (non-hydrogen) atoms. The van der Waals surface area contributed by atoms with E-state index in [1.165, 1.54) is 12.1 Å². The first-order chi connectivity index (χ1) is 29.2. The number of rotatable bonds is 7. The number of nitrogens with zero attached hydrogens (tertiary/aromatic N) is 10. The zero-order chi connectivity index (χ0) is 40.9. The Morgan fingerprint density at radius 2 is 0.767 bits per heavy atom. The van der Waals surface area contributed by atoms with Gasteiger partial charge in [-0.25, -0.2) is 49.2 Å². The third-order valence-electron chi connectivity index (χ3n) is 10.4. The van der Waals surface area contributed by atoms with E-state index in [0.717, 1.165) is 66.4 Å². The summed E-state index contributed by atoms with van der Waals surface area (Å²) in [5.74, 6) is 5.06. The van der Waals surface area contributed by atoms with Crippen LogP contribution < -0.4 is 0 Å². The van der Waals surface area contributed by atoms with Gasteiger partial charge in [0, 0.05) is 38.6 Å². The molecule has 4 aromatic heterocycles. The van der Waals surface area contributed by atoms with Crippen LogP contribution in [-0.2, 0) is 0 Å². The Morgan fingerprint density at radius 3 is 1.25 bits per heavy atom. The van der Waals surface area contributed by atoms with Gasteiger partial charge in [-0.1, -0.05) is 78.9 Å². The van der Waals surface area contributed by atoms with E-state index in [1.54, 1.807) is 12.1 Å². The lowest BCUT2D eigenvalue weighted by atomic mass is 10.0. The highest BCUT2D eigenvalue weighted by Crippen LogP contribution is 2.40. The van der Waals surface area contributed by atoms with Gasteiger partial charge in [-0.15, -0.1) is 0 Å². The van der Waals surface area contributed by atoms with Gasteiger partial charge in [0.1, 0.15) is 29.1 Å². The molecule has 10 nitrogen and oxygen atoms in total. The summed E-state index contributed by atoms with van der Waals surface area (Å²) in [4.78, 5) is 42.9. The van der Waals surface area contributed by atoms with Gasteiger partial charge in [-0.05, 0) is 99.5 Å². The van der Waals surface area contributed by atoms with Crippen LogP contribution in [0, 0.1) is 33.5 Å². The number of aromatic nitrogens is 10. The van der Waals surface area contributed by atoms with E-state index in [0.29, 0.717) is 52.4 Å². The third-order valence-corrected chi connectivity index (χ3v) is 10.4. The average Bonchev–Trinajstić information content (AvgIpc) is 3.59. The molecule has 0 unspecified atom stereocenters. The van der Waals surface area contributed by atoms with Crippen molar-refractivity contribution in [2.45, 2.75) is 27.7 Å². The van der Waals surface area contributed by atoms with Gasteiger partial charge in [0.2, 0.25) is 0 Å². The molecular weight excluding hydrogens is 748 g/mol. The summed E-state index contributed by atoms with van der Waals surface area (Å²) in [6.07, 6.45) is 0. The van der Waals surface area contributed by atoms with E-state index in [-0.39, 0.29) is 5.82 Å². The highest BCUT2D eigenvalue weighted by atomic mass is 19.1. The molecule has 0 amide bonds. The van der Waals surface area contributed by atoms with Crippen molar-refractivity contribution >= 4 is 21.8 Å². The molecule has 0 aliphatic heterocycles. The Kier molecular flexibility index (Phi) is 8.98. The number of halogens is 1. The standard InChI is InChI=1S/C49H35FN10/c1-28-51-29(2)54-47(53-28)36-18-23-42-40(25-36)41-26-37(48-55-30(3)52-31(4)56-48)19-24-43(41)60(42)44-27-35(32-15-20-38(50)21-16-32)17-22-39(44)49-58-45(33-11-7-5-8-12-33)57-46(59-49)34-13-9-6-10-14-34/h5-27H,1-4H3. The Morgan fingerprint density at radius 1 is 0.350 bits per heavy atom. The lowest BCUT2D eigenvalue weighted by molar-refractivity contribution is 0.628. The molecule has 0 aliphatic carbocycles. The summed E-state index contributed by atoms with van der Waals surface area (Å²) in [6.45, 7) is 7.49. The molecule has 0 atom stereocenters. The van der Waals surface area contributed by atoms with E-state index in [4.69, 9.17) is 34.9 Å². The molecule has 0 bridgehead atoms. The molecular formula is C49H35FN10. The van der Waals surface area contributed by atoms with Crippen molar-refractivity contribution < 1.29 is 4.39 Å². The largest absolute Gasteiger partial charge is 0.308 e. The van der Waals surface area contributed by atoms with Gasteiger partial charge in [0.15, 0.2) is 29.1 Å². The zero-order valence-corrected chi connectivity index (χ0v) is 33.1. The minimum absolute atomic E-state index is 0.302. The molecule has 0 fully saturated rings. The summed E-state index contributed by atoms with van der Waals surface area (Å²) in [5.41, 5.74) is 8.64. The van der Waals surface area contributed by atoms with Crippen molar-refractivity contribution in [2.24, 2.45) is 0 Å². The molecule has 288 valence electrons. The molecule has 6 aromatic carbocycles. The second-order valence-corrected chi connectivity index (χ2v) is 14.6. The number of hydrogen-bond acceptors (Lipinski definition) is 9. The fourth-order valence-corrected chi connectivity index (χ4v) is 7.71. The van der Waals surface area contributed by atoms with Gasteiger partial charge in [0.25, 0.3) is 0 Å². The van der Waals surface area contributed by atoms with Crippen LogP contribution in [0.3, 0.4) is 0 Å². The van der Waals surface area contributed by atoms with Gasteiger partial charge in [0.05, 0.1) is 16.7 Å². The molecule has 10 aromatic rings. The van der Waals surface area contributed by atoms with E-state index in [9.17, 15) is 4.39 Å². The summed E-state index contributed by atoms with van der Waals surface area (Å²) >= 11 is 0. The van der Waals surface area contributed by atoms with Crippen LogP contribution in [0.15, 0.2) is 140 Å². The summed E-state index contributed by atoms with van der Waals surface area (Å²) in [7, 11) is 0. The molecule has 0 saturated heterocycles. The first kappa shape index (κ1) is 36.4. The Labute approximate surface area is 344 Å².